The molecule has 0 radical (unpaired) electrons. The van der Waals surface area contributed by atoms with Gasteiger partial charge in [0.05, 0.1) is 0 Å². The van der Waals surface area contributed by atoms with Crippen LogP contribution in [0.3, 0.4) is 0 Å². The standard InChI is InChI=1S/C13H22N2S/c1-15(2)11-12-7-4-5-8-13(12)14-9-6-10-16-3/h4-5,7-8,14H,6,9-11H2,1-3H3. The Morgan fingerprint density at radius 2 is 2.00 bits per heavy atom. The Balaban J connectivity index is 2.50. The van der Waals surface area contributed by atoms with Crippen molar-refractivity contribution in [2.45, 2.75) is 13.0 Å². The van der Waals surface area contributed by atoms with Gasteiger partial charge in [0.1, 0.15) is 0 Å². The lowest BCUT2D eigenvalue weighted by Gasteiger charge is -2.15. The van der Waals surface area contributed by atoms with E-state index in [4.69, 9.17) is 0 Å². The maximum atomic E-state index is 3.51. The first kappa shape index (κ1) is 13.4. The molecule has 0 fully saturated rings. The number of rotatable bonds is 7. The van der Waals surface area contributed by atoms with Gasteiger partial charge in [-0.2, -0.15) is 11.8 Å². The van der Waals surface area contributed by atoms with E-state index in [1.165, 1.54) is 23.4 Å². The van der Waals surface area contributed by atoms with E-state index in [0.29, 0.717) is 0 Å². The molecule has 0 aliphatic heterocycles. The molecular formula is C13H22N2S. The van der Waals surface area contributed by atoms with Crippen LogP contribution in [0, 0.1) is 0 Å². The summed E-state index contributed by atoms with van der Waals surface area (Å²) in [5.41, 5.74) is 2.65. The third kappa shape index (κ3) is 4.90. The highest BCUT2D eigenvalue weighted by Crippen LogP contribution is 2.16. The second-order valence-corrected chi connectivity index (χ2v) is 5.15. The molecule has 1 rings (SSSR count). The molecule has 1 aromatic rings. The number of hydrogen-bond donors (Lipinski definition) is 1. The third-order valence-electron chi connectivity index (χ3n) is 2.34. The van der Waals surface area contributed by atoms with Crippen LogP contribution in [0.5, 0.6) is 0 Å². The predicted octanol–water partition coefficient (Wildman–Crippen LogP) is 2.91. The van der Waals surface area contributed by atoms with Crippen molar-refractivity contribution in [2.75, 3.05) is 38.0 Å². The van der Waals surface area contributed by atoms with Crippen LogP contribution in [-0.2, 0) is 6.54 Å². The Bertz CT molecular complexity index is 300. The van der Waals surface area contributed by atoms with E-state index < -0.39 is 0 Å². The van der Waals surface area contributed by atoms with Crippen LogP contribution in [-0.4, -0.2) is 37.5 Å². The first-order valence-electron chi connectivity index (χ1n) is 5.69. The minimum atomic E-state index is 0.992. The number of para-hydroxylation sites is 1. The van der Waals surface area contributed by atoms with E-state index in [2.05, 4.69) is 54.8 Å². The summed E-state index contributed by atoms with van der Waals surface area (Å²) in [7, 11) is 4.20. The van der Waals surface area contributed by atoms with Gasteiger partial charge in [-0.3, -0.25) is 0 Å². The molecule has 1 N–H and O–H groups in total. The molecule has 3 heteroatoms. The van der Waals surface area contributed by atoms with Crippen molar-refractivity contribution >= 4 is 17.4 Å². The lowest BCUT2D eigenvalue weighted by atomic mass is 10.1. The van der Waals surface area contributed by atoms with Crippen molar-refractivity contribution in [1.82, 2.24) is 4.90 Å². The second-order valence-electron chi connectivity index (χ2n) is 4.17. The van der Waals surface area contributed by atoms with Gasteiger partial charge < -0.3 is 10.2 Å². The third-order valence-corrected chi connectivity index (χ3v) is 3.04. The van der Waals surface area contributed by atoms with E-state index in [1.54, 1.807) is 0 Å². The Labute approximate surface area is 103 Å². The fourth-order valence-electron chi connectivity index (χ4n) is 1.61. The highest BCUT2D eigenvalue weighted by atomic mass is 32.2. The Morgan fingerprint density at radius 1 is 1.25 bits per heavy atom. The lowest BCUT2D eigenvalue weighted by Crippen LogP contribution is -2.13. The number of hydrogen-bond acceptors (Lipinski definition) is 3. The van der Waals surface area contributed by atoms with Gasteiger partial charge in [-0.15, -0.1) is 0 Å². The average Bonchev–Trinajstić information content (AvgIpc) is 2.26. The fourth-order valence-corrected chi connectivity index (χ4v) is 2.04. The molecule has 16 heavy (non-hydrogen) atoms. The van der Waals surface area contributed by atoms with Crippen molar-refractivity contribution in [1.29, 1.82) is 0 Å². The second kappa shape index (κ2) is 7.58. The molecule has 0 unspecified atom stereocenters. The predicted molar refractivity (Wildman–Crippen MR) is 75.3 cm³/mol. The topological polar surface area (TPSA) is 15.3 Å². The van der Waals surface area contributed by atoms with Crippen molar-refractivity contribution in [3.8, 4) is 0 Å². The van der Waals surface area contributed by atoms with E-state index in [-0.39, 0.29) is 0 Å². The maximum Gasteiger partial charge on any atom is 0.0385 e. The molecule has 2 nitrogen and oxygen atoms in total. The van der Waals surface area contributed by atoms with Crippen LogP contribution in [0.15, 0.2) is 24.3 Å². The Kier molecular flexibility index (Phi) is 6.34. The molecule has 0 saturated heterocycles. The van der Waals surface area contributed by atoms with Crippen molar-refractivity contribution in [3.05, 3.63) is 29.8 Å². The first-order valence-corrected chi connectivity index (χ1v) is 7.09. The molecule has 90 valence electrons. The fraction of sp³-hybridized carbons (Fsp3) is 0.538. The van der Waals surface area contributed by atoms with Crippen molar-refractivity contribution in [3.63, 3.8) is 0 Å². The van der Waals surface area contributed by atoms with Crippen LogP contribution >= 0.6 is 11.8 Å². The van der Waals surface area contributed by atoms with Crippen LogP contribution in [0.4, 0.5) is 5.69 Å². The van der Waals surface area contributed by atoms with Gasteiger partial charge in [-0.1, -0.05) is 18.2 Å². The summed E-state index contributed by atoms with van der Waals surface area (Å²) < 4.78 is 0. The van der Waals surface area contributed by atoms with E-state index in [9.17, 15) is 0 Å². The number of nitrogens with zero attached hydrogens (tertiary/aromatic N) is 1. The van der Waals surface area contributed by atoms with Crippen LogP contribution in [0.25, 0.3) is 0 Å². The van der Waals surface area contributed by atoms with E-state index >= 15 is 0 Å². The van der Waals surface area contributed by atoms with Crippen LogP contribution < -0.4 is 5.32 Å². The van der Waals surface area contributed by atoms with Gasteiger partial charge in [-0.25, -0.2) is 0 Å². The number of nitrogens with one attached hydrogen (secondary N) is 1. The normalized spacial score (nSPS) is 10.8. The number of anilines is 1. The monoisotopic (exact) mass is 238 g/mol. The smallest absolute Gasteiger partial charge is 0.0385 e. The molecule has 1 aromatic carbocycles. The minimum absolute atomic E-state index is 0.992. The zero-order valence-electron chi connectivity index (χ0n) is 10.5. The van der Waals surface area contributed by atoms with Gasteiger partial charge in [0.25, 0.3) is 0 Å². The zero-order valence-corrected chi connectivity index (χ0v) is 11.3. The SMILES string of the molecule is CSCCCNc1ccccc1CN(C)C. The number of benzene rings is 1. The van der Waals surface area contributed by atoms with Crippen molar-refractivity contribution < 1.29 is 0 Å². The van der Waals surface area contributed by atoms with Gasteiger partial charge in [-0.05, 0) is 44.2 Å². The van der Waals surface area contributed by atoms with Gasteiger partial charge in [0.15, 0.2) is 0 Å². The molecule has 0 amide bonds. The molecular weight excluding hydrogens is 216 g/mol. The highest BCUT2D eigenvalue weighted by molar-refractivity contribution is 7.98. The summed E-state index contributed by atoms with van der Waals surface area (Å²) in [5.74, 6) is 1.23. The van der Waals surface area contributed by atoms with Gasteiger partial charge >= 0.3 is 0 Å². The quantitative estimate of drug-likeness (QED) is 0.735. The zero-order chi connectivity index (χ0) is 11.8. The Morgan fingerprint density at radius 3 is 2.69 bits per heavy atom. The lowest BCUT2D eigenvalue weighted by molar-refractivity contribution is 0.403. The molecule has 0 heterocycles. The summed E-state index contributed by atoms with van der Waals surface area (Å²) in [6, 6.07) is 8.55. The average molecular weight is 238 g/mol. The summed E-state index contributed by atoms with van der Waals surface area (Å²) in [6.07, 6.45) is 3.37. The van der Waals surface area contributed by atoms with E-state index in [0.717, 1.165) is 13.1 Å². The van der Waals surface area contributed by atoms with Crippen LogP contribution in [0.1, 0.15) is 12.0 Å². The summed E-state index contributed by atoms with van der Waals surface area (Å²) in [6.45, 7) is 2.05. The molecule has 0 aliphatic rings. The maximum absolute atomic E-state index is 3.51. The molecule has 0 spiro atoms. The summed E-state index contributed by atoms with van der Waals surface area (Å²) >= 11 is 1.90. The molecule has 0 atom stereocenters. The summed E-state index contributed by atoms with van der Waals surface area (Å²) in [4.78, 5) is 2.20. The minimum Gasteiger partial charge on any atom is -0.385 e. The largest absolute Gasteiger partial charge is 0.385 e. The number of thioether (sulfide) groups is 1. The van der Waals surface area contributed by atoms with Gasteiger partial charge in [0, 0.05) is 18.8 Å². The highest BCUT2D eigenvalue weighted by Gasteiger charge is 2.01. The molecule has 0 aromatic heterocycles. The molecule has 0 saturated carbocycles. The van der Waals surface area contributed by atoms with Gasteiger partial charge in [0.2, 0.25) is 0 Å². The first-order chi connectivity index (χ1) is 7.74. The Hall–Kier alpha value is -0.670. The molecule has 0 aliphatic carbocycles. The van der Waals surface area contributed by atoms with Crippen LogP contribution in [0.2, 0.25) is 0 Å². The van der Waals surface area contributed by atoms with E-state index in [1.807, 2.05) is 11.8 Å². The molecule has 0 bridgehead atoms. The van der Waals surface area contributed by atoms with Crippen molar-refractivity contribution in [2.24, 2.45) is 0 Å². The summed E-state index contributed by atoms with van der Waals surface area (Å²) in [5, 5.41) is 3.51.